The Morgan fingerprint density at radius 3 is 2.28 bits per heavy atom. The lowest BCUT2D eigenvalue weighted by Crippen LogP contribution is -2.12. The lowest BCUT2D eigenvalue weighted by Gasteiger charge is -2.28. The molecule has 1 saturated carbocycles. The molecule has 98 valence electrons. The molecule has 0 heterocycles. The van der Waals surface area contributed by atoms with E-state index in [0.29, 0.717) is 0 Å². The molecule has 1 fully saturated rings. The molecular formula is C17H24S. The summed E-state index contributed by atoms with van der Waals surface area (Å²) >= 11 is 4.47. The number of allylic oxidation sites excluding steroid dienone is 1. The molecular weight excluding hydrogens is 236 g/mol. The van der Waals surface area contributed by atoms with Gasteiger partial charge in [0.1, 0.15) is 0 Å². The summed E-state index contributed by atoms with van der Waals surface area (Å²) in [5.74, 6) is 1.77. The first-order valence-corrected chi connectivity index (χ1v) is 7.65. The molecule has 0 saturated heterocycles. The Bertz CT molecular complexity index is 394. The maximum Gasteiger partial charge on any atom is 0.00697 e. The van der Waals surface area contributed by atoms with Crippen molar-refractivity contribution in [3.8, 4) is 0 Å². The van der Waals surface area contributed by atoms with E-state index in [9.17, 15) is 0 Å². The standard InChI is InChI=1S/C17H24S/c1-3-13-5-7-14(8-6-13)15-9-11-16(12-10-15)17(18)4-2/h4,9-14,18H,3,5-8H2,1-2H3/b17-4-. The molecule has 1 aromatic carbocycles. The number of rotatable bonds is 3. The van der Waals surface area contributed by atoms with Crippen molar-refractivity contribution in [3.05, 3.63) is 41.5 Å². The average molecular weight is 260 g/mol. The van der Waals surface area contributed by atoms with E-state index in [2.05, 4.69) is 43.8 Å². The van der Waals surface area contributed by atoms with Gasteiger partial charge in [-0.2, -0.15) is 0 Å². The van der Waals surface area contributed by atoms with Gasteiger partial charge in [0.25, 0.3) is 0 Å². The molecule has 1 aliphatic rings. The summed E-state index contributed by atoms with van der Waals surface area (Å²) in [7, 11) is 0. The first-order chi connectivity index (χ1) is 8.74. The van der Waals surface area contributed by atoms with E-state index in [0.717, 1.165) is 16.7 Å². The van der Waals surface area contributed by atoms with Crippen LogP contribution in [0.5, 0.6) is 0 Å². The Hall–Kier alpha value is -0.690. The molecule has 0 nitrogen and oxygen atoms in total. The highest BCUT2D eigenvalue weighted by molar-refractivity contribution is 7.90. The van der Waals surface area contributed by atoms with Crippen LogP contribution in [0.4, 0.5) is 0 Å². The van der Waals surface area contributed by atoms with Gasteiger partial charge < -0.3 is 0 Å². The molecule has 1 aromatic rings. The molecule has 0 aromatic heterocycles. The molecule has 0 unspecified atom stereocenters. The molecule has 0 atom stereocenters. The SMILES string of the molecule is C/C=C(\S)c1ccc(C2CCC(CC)CC2)cc1. The van der Waals surface area contributed by atoms with Gasteiger partial charge in [-0.15, -0.1) is 12.6 Å². The fourth-order valence-electron chi connectivity index (χ4n) is 3.00. The van der Waals surface area contributed by atoms with Crippen LogP contribution in [-0.4, -0.2) is 0 Å². The molecule has 0 bridgehead atoms. The van der Waals surface area contributed by atoms with Crippen molar-refractivity contribution in [2.24, 2.45) is 5.92 Å². The lowest BCUT2D eigenvalue weighted by molar-refractivity contribution is 0.319. The minimum Gasteiger partial charge on any atom is -0.143 e. The van der Waals surface area contributed by atoms with E-state index in [4.69, 9.17) is 0 Å². The molecule has 18 heavy (non-hydrogen) atoms. The van der Waals surface area contributed by atoms with Gasteiger partial charge in [0.15, 0.2) is 0 Å². The van der Waals surface area contributed by atoms with Crippen LogP contribution in [0.2, 0.25) is 0 Å². The number of benzene rings is 1. The van der Waals surface area contributed by atoms with Crippen molar-refractivity contribution in [1.82, 2.24) is 0 Å². The van der Waals surface area contributed by atoms with E-state index in [1.54, 1.807) is 0 Å². The van der Waals surface area contributed by atoms with E-state index >= 15 is 0 Å². The van der Waals surface area contributed by atoms with Crippen LogP contribution in [0.25, 0.3) is 4.91 Å². The topological polar surface area (TPSA) is 0 Å². The van der Waals surface area contributed by atoms with Crippen LogP contribution < -0.4 is 0 Å². The number of thiol groups is 1. The second-order valence-electron chi connectivity index (χ2n) is 5.42. The lowest BCUT2D eigenvalue weighted by atomic mass is 9.78. The van der Waals surface area contributed by atoms with Gasteiger partial charge in [-0.05, 0) is 55.6 Å². The van der Waals surface area contributed by atoms with Crippen molar-refractivity contribution < 1.29 is 0 Å². The van der Waals surface area contributed by atoms with E-state index in [1.165, 1.54) is 43.2 Å². The highest BCUT2D eigenvalue weighted by atomic mass is 32.1. The monoisotopic (exact) mass is 260 g/mol. The summed E-state index contributed by atoms with van der Waals surface area (Å²) in [5, 5.41) is 0. The van der Waals surface area contributed by atoms with Gasteiger partial charge in [-0.1, -0.05) is 43.7 Å². The summed E-state index contributed by atoms with van der Waals surface area (Å²) < 4.78 is 0. The Kier molecular flexibility index (Phi) is 4.94. The highest BCUT2D eigenvalue weighted by Crippen LogP contribution is 2.37. The van der Waals surface area contributed by atoms with Gasteiger partial charge in [-0.3, -0.25) is 0 Å². The van der Waals surface area contributed by atoms with E-state index < -0.39 is 0 Å². The summed E-state index contributed by atoms with van der Waals surface area (Å²) in [6.07, 6.45) is 8.97. The fraction of sp³-hybridized carbons (Fsp3) is 0.529. The molecule has 0 N–H and O–H groups in total. The zero-order chi connectivity index (χ0) is 13.0. The second-order valence-corrected chi connectivity index (χ2v) is 5.90. The minimum atomic E-state index is 0.788. The van der Waals surface area contributed by atoms with Crippen molar-refractivity contribution >= 4 is 17.5 Å². The molecule has 1 aliphatic carbocycles. The maximum absolute atomic E-state index is 4.47. The zero-order valence-electron chi connectivity index (χ0n) is 11.5. The molecule has 1 heteroatoms. The average Bonchev–Trinajstić information content (AvgIpc) is 2.47. The van der Waals surface area contributed by atoms with Crippen molar-refractivity contribution in [2.45, 2.75) is 51.9 Å². The maximum atomic E-state index is 4.47. The van der Waals surface area contributed by atoms with Crippen LogP contribution in [0.1, 0.15) is 63.0 Å². The quantitative estimate of drug-likeness (QED) is 0.666. The second kappa shape index (κ2) is 6.47. The number of hydrogen-bond acceptors (Lipinski definition) is 1. The Morgan fingerprint density at radius 2 is 1.78 bits per heavy atom. The first kappa shape index (κ1) is 13.7. The van der Waals surface area contributed by atoms with Crippen LogP contribution >= 0.6 is 12.6 Å². The van der Waals surface area contributed by atoms with Gasteiger partial charge >= 0.3 is 0 Å². The first-order valence-electron chi connectivity index (χ1n) is 7.20. The molecule has 2 rings (SSSR count). The number of hydrogen-bond donors (Lipinski definition) is 1. The Morgan fingerprint density at radius 1 is 1.17 bits per heavy atom. The molecule has 0 amide bonds. The predicted octanol–water partition coefficient (Wildman–Crippen LogP) is 5.66. The molecule has 0 aliphatic heterocycles. The van der Waals surface area contributed by atoms with Crippen LogP contribution in [-0.2, 0) is 0 Å². The third kappa shape index (κ3) is 3.20. The Labute approximate surface area is 117 Å². The third-order valence-corrected chi connectivity index (χ3v) is 4.89. The smallest absolute Gasteiger partial charge is 0.00697 e. The van der Waals surface area contributed by atoms with Crippen LogP contribution in [0.3, 0.4) is 0 Å². The van der Waals surface area contributed by atoms with E-state index in [1.807, 2.05) is 13.0 Å². The summed E-state index contributed by atoms with van der Waals surface area (Å²) in [6, 6.07) is 9.02. The zero-order valence-corrected chi connectivity index (χ0v) is 12.4. The van der Waals surface area contributed by atoms with Crippen LogP contribution in [0.15, 0.2) is 30.3 Å². The summed E-state index contributed by atoms with van der Waals surface area (Å²) in [5.41, 5.74) is 2.75. The third-order valence-electron chi connectivity index (χ3n) is 4.38. The van der Waals surface area contributed by atoms with Gasteiger partial charge in [0.2, 0.25) is 0 Å². The molecule has 0 radical (unpaired) electrons. The van der Waals surface area contributed by atoms with Gasteiger partial charge in [-0.25, -0.2) is 0 Å². The van der Waals surface area contributed by atoms with Crippen molar-refractivity contribution in [3.63, 3.8) is 0 Å². The van der Waals surface area contributed by atoms with E-state index in [-0.39, 0.29) is 0 Å². The largest absolute Gasteiger partial charge is 0.143 e. The van der Waals surface area contributed by atoms with Crippen molar-refractivity contribution in [2.75, 3.05) is 0 Å². The van der Waals surface area contributed by atoms with Gasteiger partial charge in [0.05, 0.1) is 0 Å². The summed E-state index contributed by atoms with van der Waals surface area (Å²) in [6.45, 7) is 4.35. The minimum absolute atomic E-state index is 0.788. The highest BCUT2D eigenvalue weighted by Gasteiger charge is 2.20. The van der Waals surface area contributed by atoms with Gasteiger partial charge in [0, 0.05) is 4.91 Å². The fourth-order valence-corrected chi connectivity index (χ4v) is 3.15. The molecule has 0 spiro atoms. The summed E-state index contributed by atoms with van der Waals surface area (Å²) in [4.78, 5) is 1.07. The predicted molar refractivity (Wildman–Crippen MR) is 84.1 cm³/mol. The Balaban J connectivity index is 2.02. The van der Waals surface area contributed by atoms with Crippen LogP contribution in [0, 0.1) is 5.92 Å². The van der Waals surface area contributed by atoms with Crippen molar-refractivity contribution in [1.29, 1.82) is 0 Å². The normalized spacial score (nSPS) is 25.2.